The number of amides is 2. The lowest BCUT2D eigenvalue weighted by atomic mass is 9.84. The number of ether oxygens (including phenoxy) is 1. The summed E-state index contributed by atoms with van der Waals surface area (Å²) < 4.78 is 64.0. The monoisotopic (exact) mass is 760 g/mol. The summed E-state index contributed by atoms with van der Waals surface area (Å²) in [6, 6.07) is 23.0. The highest BCUT2D eigenvalue weighted by Crippen LogP contribution is 2.49. The molecule has 3 rings (SSSR count). The number of sulfonamides is 1. The molecule has 3 aromatic rings. The second-order valence-electron chi connectivity index (χ2n) is 12.5. The first-order valence-electron chi connectivity index (χ1n) is 17.5. The van der Waals surface area contributed by atoms with Gasteiger partial charge in [0, 0.05) is 30.7 Å². The molecule has 0 fully saturated rings. The number of hydrogen-bond donors (Lipinski definition) is 3. The van der Waals surface area contributed by atoms with E-state index >= 15 is 0 Å². The standard InChI is InChI=1S/C37H53N4O9PS/c1-6-48-51(44,49-7-2)50-27-32(41(26-28(3)4)52(45,46)33-23-21-31(38)22-24-33)20-14-15-25-39-36(42)35(40-37(43)47-5)34(29-16-10-8-11-17-29)30-18-12-9-13-19-30/h8-13,16-19,21-24,28,32,34-35H,6-7,14-15,20,25-27,38H2,1-5H3,(H,39,42)(H,40,43). The highest BCUT2D eigenvalue weighted by atomic mass is 32.2. The molecule has 2 unspecified atom stereocenters. The largest absolute Gasteiger partial charge is 0.474 e. The number of hydrogen-bond acceptors (Lipinski definition) is 10. The summed E-state index contributed by atoms with van der Waals surface area (Å²) in [5, 5.41) is 5.67. The molecule has 15 heteroatoms. The number of nitrogen functional groups attached to an aromatic ring is 1. The first-order valence-corrected chi connectivity index (χ1v) is 20.4. The Bertz CT molecular complexity index is 1630. The number of methoxy groups -OCH3 is 1. The molecule has 0 spiro atoms. The number of phosphoric acid groups is 1. The van der Waals surface area contributed by atoms with Crippen LogP contribution >= 0.6 is 7.82 Å². The van der Waals surface area contributed by atoms with Gasteiger partial charge in [-0.25, -0.2) is 17.8 Å². The summed E-state index contributed by atoms with van der Waals surface area (Å²) >= 11 is 0. The fourth-order valence-corrected chi connectivity index (χ4v) is 8.72. The van der Waals surface area contributed by atoms with Crippen molar-refractivity contribution in [3.05, 3.63) is 96.1 Å². The van der Waals surface area contributed by atoms with E-state index in [0.717, 1.165) is 11.1 Å². The number of nitrogens with two attached hydrogens (primary N) is 1. The number of nitrogens with zero attached hydrogens (tertiary/aromatic N) is 1. The Balaban J connectivity index is 1.83. The second-order valence-corrected chi connectivity index (χ2v) is 16.0. The van der Waals surface area contributed by atoms with E-state index in [9.17, 15) is 22.6 Å². The summed E-state index contributed by atoms with van der Waals surface area (Å²) in [6.07, 6.45) is 0.475. The molecular weight excluding hydrogens is 707 g/mol. The number of carbonyl (C=O) groups excluding carboxylic acids is 2. The van der Waals surface area contributed by atoms with Gasteiger partial charge in [-0.05, 0) is 68.0 Å². The first kappa shape index (κ1) is 42.6. The zero-order valence-corrected chi connectivity index (χ0v) is 32.3. The molecule has 0 aliphatic heterocycles. The molecule has 2 atom stereocenters. The van der Waals surface area contributed by atoms with Crippen molar-refractivity contribution in [2.45, 2.75) is 69.9 Å². The van der Waals surface area contributed by atoms with Gasteiger partial charge in [0.25, 0.3) is 0 Å². The molecule has 0 saturated heterocycles. The molecule has 13 nitrogen and oxygen atoms in total. The minimum absolute atomic E-state index is 0.0580. The Labute approximate surface area is 308 Å². The van der Waals surface area contributed by atoms with Crippen LogP contribution in [0.15, 0.2) is 89.8 Å². The zero-order valence-electron chi connectivity index (χ0n) is 30.6. The predicted molar refractivity (Wildman–Crippen MR) is 201 cm³/mol. The highest BCUT2D eigenvalue weighted by Gasteiger charge is 2.36. The molecular formula is C37H53N4O9PS. The Morgan fingerprint density at radius 1 is 0.846 bits per heavy atom. The van der Waals surface area contributed by atoms with E-state index in [4.69, 9.17) is 24.0 Å². The van der Waals surface area contributed by atoms with Crippen LogP contribution in [0.5, 0.6) is 0 Å². The summed E-state index contributed by atoms with van der Waals surface area (Å²) in [5.74, 6) is -0.986. The van der Waals surface area contributed by atoms with Crippen molar-refractivity contribution >= 4 is 35.5 Å². The van der Waals surface area contributed by atoms with Crippen LogP contribution in [0.1, 0.15) is 64.0 Å². The maximum atomic E-state index is 14.1. The number of unbranched alkanes of at least 4 members (excludes halogenated alkanes) is 1. The van der Waals surface area contributed by atoms with Gasteiger partial charge in [-0.15, -0.1) is 0 Å². The third kappa shape index (κ3) is 12.7. The van der Waals surface area contributed by atoms with Crippen LogP contribution in [0.3, 0.4) is 0 Å². The SMILES string of the molecule is CCOP(=O)(OCC)OCC(CCCCNC(=O)C(NC(=O)OC)C(c1ccccc1)c1ccccc1)N(CC(C)C)S(=O)(=O)c1ccc(N)cc1. The normalized spacial score (nSPS) is 13.2. The molecule has 0 saturated carbocycles. The molecule has 0 aromatic heterocycles. The third-order valence-corrected chi connectivity index (χ3v) is 11.6. The van der Waals surface area contributed by atoms with Crippen molar-refractivity contribution < 1.29 is 40.9 Å². The quantitative estimate of drug-likeness (QED) is 0.0597. The van der Waals surface area contributed by atoms with Crippen LogP contribution in [-0.4, -0.2) is 76.8 Å². The van der Waals surface area contributed by atoms with Gasteiger partial charge < -0.3 is 21.1 Å². The van der Waals surface area contributed by atoms with Gasteiger partial charge >= 0.3 is 13.9 Å². The first-order chi connectivity index (χ1) is 24.8. The van der Waals surface area contributed by atoms with Crippen molar-refractivity contribution in [1.82, 2.24) is 14.9 Å². The van der Waals surface area contributed by atoms with Crippen LogP contribution < -0.4 is 16.4 Å². The fourth-order valence-electron chi connectivity index (χ4n) is 5.71. The van der Waals surface area contributed by atoms with Gasteiger partial charge in [0.2, 0.25) is 15.9 Å². The topological polar surface area (TPSA) is 176 Å². The van der Waals surface area contributed by atoms with E-state index in [1.165, 1.54) is 35.7 Å². The van der Waals surface area contributed by atoms with Gasteiger partial charge in [0.1, 0.15) is 6.04 Å². The summed E-state index contributed by atoms with van der Waals surface area (Å²) in [4.78, 5) is 26.3. The van der Waals surface area contributed by atoms with E-state index in [1.807, 2.05) is 74.5 Å². The van der Waals surface area contributed by atoms with Crippen LogP contribution in [0.4, 0.5) is 10.5 Å². The smallest absolute Gasteiger partial charge is 0.453 e. The maximum absolute atomic E-state index is 14.1. The van der Waals surface area contributed by atoms with Gasteiger partial charge in [0.15, 0.2) is 0 Å². The summed E-state index contributed by atoms with van der Waals surface area (Å²) in [5.41, 5.74) is 7.92. The van der Waals surface area contributed by atoms with Gasteiger partial charge in [0.05, 0.1) is 31.8 Å². The van der Waals surface area contributed by atoms with Crippen LogP contribution in [-0.2, 0) is 37.7 Å². The van der Waals surface area contributed by atoms with Crippen molar-refractivity contribution in [3.63, 3.8) is 0 Å². The lowest BCUT2D eigenvalue weighted by molar-refractivity contribution is -0.123. The van der Waals surface area contributed by atoms with Crippen molar-refractivity contribution in [2.75, 3.05) is 45.8 Å². The number of anilines is 1. The van der Waals surface area contributed by atoms with Crippen LogP contribution in [0, 0.1) is 5.92 Å². The number of carbonyl (C=O) groups is 2. The second kappa shape index (κ2) is 21.1. The number of alkyl carbamates (subject to hydrolysis) is 1. The Morgan fingerprint density at radius 3 is 1.90 bits per heavy atom. The van der Waals surface area contributed by atoms with Crippen LogP contribution in [0.25, 0.3) is 0 Å². The fraction of sp³-hybridized carbons (Fsp3) is 0.459. The van der Waals surface area contributed by atoms with E-state index < -0.39 is 47.8 Å². The van der Waals surface area contributed by atoms with Crippen molar-refractivity contribution in [2.24, 2.45) is 5.92 Å². The number of phosphoric ester groups is 1. The third-order valence-electron chi connectivity index (χ3n) is 8.09. The van der Waals surface area contributed by atoms with E-state index in [0.29, 0.717) is 24.9 Å². The lowest BCUT2D eigenvalue weighted by Crippen LogP contribution is -2.50. The van der Waals surface area contributed by atoms with Crippen molar-refractivity contribution in [3.8, 4) is 0 Å². The summed E-state index contributed by atoms with van der Waals surface area (Å²) in [6.45, 7) is 7.40. The van der Waals surface area contributed by atoms with Gasteiger partial charge in [-0.1, -0.05) is 80.9 Å². The minimum Gasteiger partial charge on any atom is -0.453 e. The average Bonchev–Trinajstić information content (AvgIpc) is 3.12. The zero-order chi connectivity index (χ0) is 38.1. The molecule has 4 N–H and O–H groups in total. The molecule has 0 heterocycles. The molecule has 0 radical (unpaired) electrons. The van der Waals surface area contributed by atoms with E-state index in [1.54, 1.807) is 13.8 Å². The minimum atomic E-state index is -4.04. The Hall–Kier alpha value is -3.78. The van der Waals surface area contributed by atoms with Crippen LogP contribution in [0.2, 0.25) is 0 Å². The van der Waals surface area contributed by atoms with E-state index in [2.05, 4.69) is 10.6 Å². The molecule has 0 bridgehead atoms. The average molecular weight is 761 g/mol. The number of nitrogens with one attached hydrogen (secondary N) is 2. The Morgan fingerprint density at radius 2 is 1.40 bits per heavy atom. The molecule has 2 amide bonds. The molecule has 52 heavy (non-hydrogen) atoms. The Kier molecular flexibility index (Phi) is 17.3. The van der Waals surface area contributed by atoms with Crippen molar-refractivity contribution in [1.29, 1.82) is 0 Å². The lowest BCUT2D eigenvalue weighted by Gasteiger charge is -2.33. The van der Waals surface area contributed by atoms with Gasteiger partial charge in [-0.3, -0.25) is 18.4 Å². The highest BCUT2D eigenvalue weighted by molar-refractivity contribution is 7.89. The molecule has 0 aliphatic rings. The molecule has 286 valence electrons. The summed E-state index contributed by atoms with van der Waals surface area (Å²) in [7, 11) is -6.77. The molecule has 0 aliphatic carbocycles. The molecule has 3 aromatic carbocycles. The maximum Gasteiger partial charge on any atom is 0.474 e. The number of rotatable bonds is 22. The van der Waals surface area contributed by atoms with Gasteiger partial charge in [-0.2, -0.15) is 4.31 Å². The predicted octanol–water partition coefficient (Wildman–Crippen LogP) is 6.33. The van der Waals surface area contributed by atoms with E-state index in [-0.39, 0.29) is 43.7 Å². The number of benzene rings is 3.